The van der Waals surface area contributed by atoms with Crippen molar-refractivity contribution in [3.05, 3.63) is 69.8 Å². The average molecular weight is 339 g/mol. The molecule has 0 spiro atoms. The van der Waals surface area contributed by atoms with Gasteiger partial charge in [0.05, 0.1) is 4.92 Å². The van der Waals surface area contributed by atoms with Crippen LogP contribution in [0, 0.1) is 10.1 Å². The van der Waals surface area contributed by atoms with Gasteiger partial charge < -0.3 is 4.90 Å². The van der Waals surface area contributed by atoms with E-state index in [9.17, 15) is 14.9 Å². The first kappa shape index (κ1) is 17.1. The van der Waals surface area contributed by atoms with Crippen LogP contribution < -0.4 is 4.90 Å². The number of carbonyl (C=O) groups is 1. The van der Waals surface area contributed by atoms with Gasteiger partial charge in [-0.25, -0.2) is 0 Å². The van der Waals surface area contributed by atoms with Crippen molar-refractivity contribution in [3.63, 3.8) is 0 Å². The lowest BCUT2D eigenvalue weighted by Gasteiger charge is -2.36. The Morgan fingerprint density at radius 3 is 2.28 bits per heavy atom. The first-order valence-corrected chi connectivity index (χ1v) is 8.35. The van der Waals surface area contributed by atoms with Gasteiger partial charge in [-0.15, -0.1) is 0 Å². The Morgan fingerprint density at radius 2 is 1.68 bits per heavy atom. The van der Waals surface area contributed by atoms with Gasteiger partial charge >= 0.3 is 0 Å². The van der Waals surface area contributed by atoms with E-state index in [-0.39, 0.29) is 16.4 Å². The number of Topliss-reactive ketones (excluding diaryl/α,β-unsaturated/α-hetero) is 1. The predicted octanol–water partition coefficient (Wildman–Crippen LogP) is 3.12. The van der Waals surface area contributed by atoms with E-state index in [0.29, 0.717) is 6.54 Å². The van der Waals surface area contributed by atoms with Gasteiger partial charge in [0, 0.05) is 55.6 Å². The highest BCUT2D eigenvalue weighted by Crippen LogP contribution is 2.22. The fourth-order valence-corrected chi connectivity index (χ4v) is 3.13. The smallest absolute Gasteiger partial charge is 0.273 e. The predicted molar refractivity (Wildman–Crippen MR) is 97.0 cm³/mol. The van der Waals surface area contributed by atoms with Crippen LogP contribution in [0.4, 0.5) is 11.4 Å². The fraction of sp³-hybridized carbons (Fsp3) is 0.316. The van der Waals surface area contributed by atoms with E-state index < -0.39 is 0 Å². The SMILES string of the molecule is CC(=O)c1ccc(N2CCN(Cc3ccccc3[N+](=O)[O-])CC2)cc1. The van der Waals surface area contributed by atoms with Gasteiger partial charge in [0.2, 0.25) is 0 Å². The molecule has 130 valence electrons. The molecule has 0 radical (unpaired) electrons. The zero-order chi connectivity index (χ0) is 17.8. The topological polar surface area (TPSA) is 66.7 Å². The number of nitro benzene ring substituents is 1. The number of rotatable bonds is 5. The van der Waals surface area contributed by atoms with Gasteiger partial charge in [0.25, 0.3) is 5.69 Å². The molecule has 6 nitrogen and oxygen atoms in total. The van der Waals surface area contributed by atoms with Crippen LogP contribution in [0.2, 0.25) is 0 Å². The molecule has 0 aromatic heterocycles. The molecule has 25 heavy (non-hydrogen) atoms. The van der Waals surface area contributed by atoms with E-state index in [2.05, 4.69) is 9.80 Å². The molecule has 1 saturated heterocycles. The summed E-state index contributed by atoms with van der Waals surface area (Å²) in [7, 11) is 0. The number of nitrogens with zero attached hydrogens (tertiary/aromatic N) is 3. The molecular weight excluding hydrogens is 318 g/mol. The molecule has 0 atom stereocenters. The number of para-hydroxylation sites is 1. The summed E-state index contributed by atoms with van der Waals surface area (Å²) in [4.78, 5) is 26.7. The van der Waals surface area contributed by atoms with Crippen LogP contribution in [0.3, 0.4) is 0 Å². The zero-order valence-electron chi connectivity index (χ0n) is 14.2. The molecule has 1 fully saturated rings. The molecule has 2 aromatic rings. The Morgan fingerprint density at radius 1 is 1.04 bits per heavy atom. The number of nitro groups is 1. The van der Waals surface area contributed by atoms with Gasteiger partial charge in [-0.05, 0) is 31.2 Å². The maximum absolute atomic E-state index is 11.4. The zero-order valence-corrected chi connectivity index (χ0v) is 14.2. The number of ketones is 1. The standard InChI is InChI=1S/C19H21N3O3/c1-15(23)16-6-8-18(9-7-16)21-12-10-20(11-13-21)14-17-4-2-3-5-19(17)22(24)25/h2-9H,10-14H2,1H3. The fourth-order valence-electron chi connectivity index (χ4n) is 3.13. The minimum absolute atomic E-state index is 0.0702. The summed E-state index contributed by atoms with van der Waals surface area (Å²) >= 11 is 0. The molecule has 1 heterocycles. The van der Waals surface area contributed by atoms with Gasteiger partial charge in [-0.1, -0.05) is 18.2 Å². The summed E-state index contributed by atoms with van der Waals surface area (Å²) in [6.07, 6.45) is 0. The first-order valence-electron chi connectivity index (χ1n) is 8.35. The second-order valence-electron chi connectivity index (χ2n) is 6.25. The lowest BCUT2D eigenvalue weighted by molar-refractivity contribution is -0.385. The average Bonchev–Trinajstić information content (AvgIpc) is 2.63. The number of carbonyl (C=O) groups excluding carboxylic acids is 1. The molecule has 1 aliphatic rings. The Balaban J connectivity index is 1.60. The third-order valence-electron chi connectivity index (χ3n) is 4.59. The van der Waals surface area contributed by atoms with Gasteiger partial charge in [-0.2, -0.15) is 0 Å². The van der Waals surface area contributed by atoms with Crippen LogP contribution in [0.15, 0.2) is 48.5 Å². The summed E-state index contributed by atoms with van der Waals surface area (Å²) in [6, 6.07) is 14.6. The molecule has 3 rings (SSSR count). The van der Waals surface area contributed by atoms with Crippen LogP contribution >= 0.6 is 0 Å². The first-order chi connectivity index (χ1) is 12.0. The summed E-state index contributed by atoms with van der Waals surface area (Å²) in [6.45, 7) is 5.58. The monoisotopic (exact) mass is 339 g/mol. The summed E-state index contributed by atoms with van der Waals surface area (Å²) in [5, 5.41) is 11.1. The summed E-state index contributed by atoms with van der Waals surface area (Å²) < 4.78 is 0. The Bertz CT molecular complexity index is 766. The largest absolute Gasteiger partial charge is 0.369 e. The van der Waals surface area contributed by atoms with Crippen molar-refractivity contribution < 1.29 is 9.72 Å². The van der Waals surface area contributed by atoms with E-state index in [4.69, 9.17) is 0 Å². The highest BCUT2D eigenvalue weighted by atomic mass is 16.6. The van der Waals surface area contributed by atoms with Crippen LogP contribution in [-0.4, -0.2) is 41.8 Å². The molecule has 0 aliphatic carbocycles. The highest BCUT2D eigenvalue weighted by Gasteiger charge is 2.20. The summed E-state index contributed by atoms with van der Waals surface area (Å²) in [5.74, 6) is 0.0702. The quantitative estimate of drug-likeness (QED) is 0.476. The Hall–Kier alpha value is -2.73. The number of hydrogen-bond donors (Lipinski definition) is 0. The van der Waals surface area contributed by atoms with E-state index >= 15 is 0 Å². The summed E-state index contributed by atoms with van der Waals surface area (Å²) in [5.41, 5.74) is 2.77. The molecule has 1 aliphatic heterocycles. The highest BCUT2D eigenvalue weighted by molar-refractivity contribution is 5.94. The van der Waals surface area contributed by atoms with Crippen molar-refractivity contribution in [2.75, 3.05) is 31.1 Å². The van der Waals surface area contributed by atoms with Crippen LogP contribution in [-0.2, 0) is 6.54 Å². The van der Waals surface area contributed by atoms with Crippen LogP contribution in [0.1, 0.15) is 22.8 Å². The molecule has 0 saturated carbocycles. The van der Waals surface area contributed by atoms with E-state index in [0.717, 1.165) is 43.0 Å². The minimum atomic E-state index is -0.317. The molecular formula is C19H21N3O3. The molecule has 0 bridgehead atoms. The number of anilines is 1. The third-order valence-corrected chi connectivity index (χ3v) is 4.59. The molecule has 0 unspecified atom stereocenters. The number of hydrogen-bond acceptors (Lipinski definition) is 5. The van der Waals surface area contributed by atoms with Crippen molar-refractivity contribution >= 4 is 17.2 Å². The second-order valence-corrected chi connectivity index (χ2v) is 6.25. The van der Waals surface area contributed by atoms with E-state index in [1.165, 1.54) is 0 Å². The van der Waals surface area contributed by atoms with E-state index in [1.54, 1.807) is 19.1 Å². The van der Waals surface area contributed by atoms with Crippen LogP contribution in [0.5, 0.6) is 0 Å². The lowest BCUT2D eigenvalue weighted by Crippen LogP contribution is -2.46. The maximum atomic E-state index is 11.4. The third kappa shape index (κ3) is 4.03. The molecule has 2 aromatic carbocycles. The lowest BCUT2D eigenvalue weighted by atomic mass is 10.1. The van der Waals surface area contributed by atoms with E-state index in [1.807, 2.05) is 36.4 Å². The minimum Gasteiger partial charge on any atom is -0.369 e. The number of benzene rings is 2. The maximum Gasteiger partial charge on any atom is 0.273 e. The second kappa shape index (κ2) is 7.44. The van der Waals surface area contributed by atoms with Gasteiger partial charge in [-0.3, -0.25) is 19.8 Å². The molecule has 0 N–H and O–H groups in total. The van der Waals surface area contributed by atoms with Crippen molar-refractivity contribution in [3.8, 4) is 0 Å². The van der Waals surface area contributed by atoms with Gasteiger partial charge in [0.15, 0.2) is 5.78 Å². The number of piperazine rings is 1. The Kier molecular flexibility index (Phi) is 5.09. The molecule has 0 amide bonds. The van der Waals surface area contributed by atoms with Crippen molar-refractivity contribution in [1.82, 2.24) is 4.90 Å². The van der Waals surface area contributed by atoms with Crippen molar-refractivity contribution in [1.29, 1.82) is 0 Å². The normalized spacial score (nSPS) is 15.2. The van der Waals surface area contributed by atoms with Crippen LogP contribution in [0.25, 0.3) is 0 Å². The van der Waals surface area contributed by atoms with Crippen molar-refractivity contribution in [2.45, 2.75) is 13.5 Å². The van der Waals surface area contributed by atoms with Gasteiger partial charge in [0.1, 0.15) is 0 Å². The molecule has 6 heteroatoms. The van der Waals surface area contributed by atoms with Crippen molar-refractivity contribution in [2.24, 2.45) is 0 Å². The Labute approximate surface area is 146 Å².